The highest BCUT2D eigenvalue weighted by Crippen LogP contribution is 2.28. The second kappa shape index (κ2) is 0.954. The first-order valence-electron chi connectivity index (χ1n) is 1.92. The van der Waals surface area contributed by atoms with Crippen LogP contribution >= 0.6 is 0 Å². The quantitative estimate of drug-likeness (QED) is 0.444. The molecule has 0 aromatic heterocycles. The van der Waals surface area contributed by atoms with Crippen LogP contribution in [0.3, 0.4) is 0 Å². The Morgan fingerprint density at radius 2 is 2.33 bits per heavy atom. The van der Waals surface area contributed by atoms with E-state index in [0.29, 0.717) is 6.42 Å². The Kier molecular flexibility index (Phi) is 0.578. The summed E-state index contributed by atoms with van der Waals surface area (Å²) in [7, 11) is 0. The van der Waals surface area contributed by atoms with Crippen LogP contribution in [0.25, 0.3) is 0 Å². The minimum absolute atomic E-state index is 0.0370. The van der Waals surface area contributed by atoms with Crippen molar-refractivity contribution in [3.8, 4) is 6.07 Å². The summed E-state index contributed by atoms with van der Waals surface area (Å²) in [5, 5.41) is 16.4. The summed E-state index contributed by atoms with van der Waals surface area (Å²) in [4.78, 5) is 0. The summed E-state index contributed by atoms with van der Waals surface area (Å²) < 4.78 is 0. The smallest absolute Gasteiger partial charge is 0.0748 e. The number of aliphatic hydroxyl groups excluding tert-OH is 1. The van der Waals surface area contributed by atoms with E-state index in [1.165, 1.54) is 0 Å². The predicted octanol–water partition coefficient (Wildman–Crippen LogP) is -0.109. The number of rotatable bonds is 0. The topological polar surface area (TPSA) is 44.0 Å². The van der Waals surface area contributed by atoms with Crippen molar-refractivity contribution in [2.45, 2.75) is 12.5 Å². The van der Waals surface area contributed by atoms with Crippen LogP contribution in [0.15, 0.2) is 0 Å². The molecule has 2 unspecified atom stereocenters. The predicted molar refractivity (Wildman–Crippen MR) is 19.7 cm³/mol. The monoisotopic (exact) mass is 83.0 g/mol. The van der Waals surface area contributed by atoms with E-state index in [-0.39, 0.29) is 12.0 Å². The Labute approximate surface area is 36.0 Å². The lowest BCUT2D eigenvalue weighted by atomic mass is 10.5. The maximum atomic E-state index is 8.40. The van der Waals surface area contributed by atoms with Gasteiger partial charge in [-0.05, 0) is 6.42 Å². The molecule has 0 amide bonds. The van der Waals surface area contributed by atoms with Crippen LogP contribution in [0.4, 0.5) is 0 Å². The van der Waals surface area contributed by atoms with Crippen molar-refractivity contribution < 1.29 is 5.11 Å². The molecule has 0 aliphatic heterocycles. The van der Waals surface area contributed by atoms with E-state index in [1.807, 2.05) is 6.07 Å². The molecule has 2 nitrogen and oxygen atoms in total. The number of hydrogen-bond acceptors (Lipinski definition) is 2. The van der Waals surface area contributed by atoms with Crippen molar-refractivity contribution in [2.24, 2.45) is 5.92 Å². The van der Waals surface area contributed by atoms with Crippen molar-refractivity contribution in [1.82, 2.24) is 0 Å². The Hall–Kier alpha value is -0.550. The van der Waals surface area contributed by atoms with Gasteiger partial charge in [-0.1, -0.05) is 0 Å². The van der Waals surface area contributed by atoms with Gasteiger partial charge in [0, 0.05) is 0 Å². The van der Waals surface area contributed by atoms with E-state index in [4.69, 9.17) is 10.4 Å². The molecule has 1 fully saturated rings. The van der Waals surface area contributed by atoms with Crippen molar-refractivity contribution in [3.05, 3.63) is 0 Å². The zero-order chi connectivity index (χ0) is 4.57. The molecule has 1 aliphatic carbocycles. The second-order valence-electron chi connectivity index (χ2n) is 1.54. The van der Waals surface area contributed by atoms with Crippen LogP contribution in [-0.4, -0.2) is 11.2 Å². The van der Waals surface area contributed by atoms with E-state index in [2.05, 4.69) is 0 Å². The van der Waals surface area contributed by atoms with Gasteiger partial charge in [-0.3, -0.25) is 0 Å². The molecular weight excluding hydrogens is 78.0 g/mol. The van der Waals surface area contributed by atoms with Gasteiger partial charge in [0.2, 0.25) is 0 Å². The van der Waals surface area contributed by atoms with Gasteiger partial charge < -0.3 is 5.11 Å². The highest BCUT2D eigenvalue weighted by Gasteiger charge is 2.34. The van der Waals surface area contributed by atoms with E-state index >= 15 is 0 Å². The summed E-state index contributed by atoms with van der Waals surface area (Å²) in [5.74, 6) is -0.0370. The van der Waals surface area contributed by atoms with E-state index < -0.39 is 0 Å². The summed E-state index contributed by atoms with van der Waals surface area (Å²) in [6.45, 7) is 0. The number of nitrogens with zero attached hydrogens (tertiary/aromatic N) is 1. The average molecular weight is 83.1 g/mol. The Balaban J connectivity index is 2.31. The highest BCUT2D eigenvalue weighted by molar-refractivity contribution is 5.01. The molecule has 2 atom stereocenters. The van der Waals surface area contributed by atoms with Crippen LogP contribution in [0.1, 0.15) is 6.42 Å². The molecule has 1 rings (SSSR count). The molecule has 0 bridgehead atoms. The zero-order valence-corrected chi connectivity index (χ0v) is 3.26. The lowest BCUT2D eigenvalue weighted by Gasteiger charge is -1.66. The molecule has 1 aliphatic rings. The first-order chi connectivity index (χ1) is 2.84. The summed E-state index contributed by atoms with van der Waals surface area (Å²) >= 11 is 0. The van der Waals surface area contributed by atoms with Gasteiger partial charge in [-0.2, -0.15) is 5.26 Å². The van der Waals surface area contributed by atoms with Gasteiger partial charge in [-0.25, -0.2) is 0 Å². The fourth-order valence-electron chi connectivity index (χ4n) is 0.320. The van der Waals surface area contributed by atoms with E-state index in [1.54, 1.807) is 0 Å². The Bertz CT molecular complexity index is 94.2. The van der Waals surface area contributed by atoms with E-state index in [9.17, 15) is 0 Å². The van der Waals surface area contributed by atoms with Gasteiger partial charge in [0.25, 0.3) is 0 Å². The molecule has 0 saturated heterocycles. The number of hydrogen-bond donors (Lipinski definition) is 1. The van der Waals surface area contributed by atoms with Gasteiger partial charge in [0.15, 0.2) is 0 Å². The normalized spacial score (nSPS) is 41.3. The molecule has 0 heterocycles. The molecule has 0 aromatic carbocycles. The molecule has 0 spiro atoms. The van der Waals surface area contributed by atoms with Crippen LogP contribution in [0, 0.1) is 17.2 Å². The lowest BCUT2D eigenvalue weighted by Crippen LogP contribution is -1.77. The van der Waals surface area contributed by atoms with Gasteiger partial charge in [-0.15, -0.1) is 0 Å². The summed E-state index contributed by atoms with van der Waals surface area (Å²) in [6.07, 6.45) is 0.395. The maximum Gasteiger partial charge on any atom is 0.0748 e. The first kappa shape index (κ1) is 3.63. The first-order valence-corrected chi connectivity index (χ1v) is 1.92. The van der Waals surface area contributed by atoms with Crippen LogP contribution in [0.2, 0.25) is 0 Å². The number of nitriles is 1. The third kappa shape index (κ3) is 0.373. The fraction of sp³-hybridized carbons (Fsp3) is 0.750. The number of aliphatic hydroxyl groups is 1. The lowest BCUT2D eigenvalue weighted by molar-refractivity contribution is 0.269. The molecular formula is C4H5NO. The van der Waals surface area contributed by atoms with Crippen molar-refractivity contribution in [3.63, 3.8) is 0 Å². The summed E-state index contributed by atoms with van der Waals surface area (Å²) in [6, 6.07) is 1.94. The molecule has 32 valence electrons. The SMILES string of the molecule is N#CC1CC1O. The Morgan fingerprint density at radius 1 is 1.83 bits per heavy atom. The molecule has 0 radical (unpaired) electrons. The van der Waals surface area contributed by atoms with Crippen LogP contribution in [0.5, 0.6) is 0 Å². The molecule has 2 heteroatoms. The zero-order valence-electron chi connectivity index (χ0n) is 3.26. The van der Waals surface area contributed by atoms with Crippen molar-refractivity contribution in [1.29, 1.82) is 5.26 Å². The summed E-state index contributed by atoms with van der Waals surface area (Å²) in [5.41, 5.74) is 0. The third-order valence-electron chi connectivity index (χ3n) is 0.923. The minimum Gasteiger partial charge on any atom is -0.392 e. The van der Waals surface area contributed by atoms with E-state index in [0.717, 1.165) is 0 Å². The second-order valence-corrected chi connectivity index (χ2v) is 1.54. The van der Waals surface area contributed by atoms with Crippen LogP contribution in [-0.2, 0) is 0 Å². The van der Waals surface area contributed by atoms with Crippen molar-refractivity contribution >= 4 is 0 Å². The fourth-order valence-corrected chi connectivity index (χ4v) is 0.320. The molecule has 6 heavy (non-hydrogen) atoms. The third-order valence-corrected chi connectivity index (χ3v) is 0.923. The van der Waals surface area contributed by atoms with Crippen molar-refractivity contribution in [2.75, 3.05) is 0 Å². The minimum atomic E-state index is -0.296. The largest absolute Gasteiger partial charge is 0.392 e. The standard InChI is InChI=1S/C4H5NO/c5-2-3-1-4(3)6/h3-4,6H,1H2. The maximum absolute atomic E-state index is 8.40. The van der Waals surface area contributed by atoms with Gasteiger partial charge in [0.05, 0.1) is 18.1 Å². The molecule has 1 saturated carbocycles. The molecule has 0 aromatic rings. The Morgan fingerprint density at radius 3 is 2.33 bits per heavy atom. The van der Waals surface area contributed by atoms with Gasteiger partial charge >= 0.3 is 0 Å². The highest BCUT2D eigenvalue weighted by atomic mass is 16.3. The van der Waals surface area contributed by atoms with Crippen LogP contribution < -0.4 is 0 Å². The molecule has 1 N–H and O–H groups in total. The van der Waals surface area contributed by atoms with Gasteiger partial charge in [0.1, 0.15) is 0 Å². The average Bonchev–Trinajstić information content (AvgIpc) is 2.19.